The Morgan fingerprint density at radius 3 is 2.83 bits per heavy atom. The van der Waals surface area contributed by atoms with Crippen LogP contribution in [0.2, 0.25) is 0 Å². The summed E-state index contributed by atoms with van der Waals surface area (Å²) >= 11 is 0. The third kappa shape index (κ3) is 7.37. The van der Waals surface area contributed by atoms with Gasteiger partial charge in [0.15, 0.2) is 0 Å². The predicted molar refractivity (Wildman–Crippen MR) is 102 cm³/mol. The van der Waals surface area contributed by atoms with Crippen LogP contribution >= 0.6 is 0 Å². The first kappa shape index (κ1) is 18.6. The first-order valence-corrected chi connectivity index (χ1v) is 7.64. The minimum absolute atomic E-state index is 0.432. The van der Waals surface area contributed by atoms with Gasteiger partial charge < -0.3 is 5.32 Å². The van der Waals surface area contributed by atoms with Gasteiger partial charge in [-0.2, -0.15) is 0 Å². The van der Waals surface area contributed by atoms with Gasteiger partial charge in [0.25, 0.3) is 0 Å². The topological polar surface area (TPSA) is 36.8 Å². The number of benzene rings is 1. The summed E-state index contributed by atoms with van der Waals surface area (Å²) in [5, 5.41) is 3.35. The maximum absolute atomic E-state index is 4.70. The zero-order chi connectivity index (χ0) is 17.1. The lowest BCUT2D eigenvalue weighted by Gasteiger charge is -2.06. The van der Waals surface area contributed by atoms with Gasteiger partial charge in [0.2, 0.25) is 0 Å². The molecular weight excluding hydrogens is 282 g/mol. The van der Waals surface area contributed by atoms with Crippen molar-refractivity contribution < 1.29 is 0 Å². The Morgan fingerprint density at radius 1 is 1.39 bits per heavy atom. The third-order valence-corrected chi connectivity index (χ3v) is 3.06. The van der Waals surface area contributed by atoms with Gasteiger partial charge in [-0.05, 0) is 49.1 Å². The summed E-state index contributed by atoms with van der Waals surface area (Å²) in [4.78, 5) is 8.45. The Bertz CT molecular complexity index is 657. The molecule has 1 aromatic rings. The van der Waals surface area contributed by atoms with E-state index in [4.69, 9.17) is 4.99 Å². The lowest BCUT2D eigenvalue weighted by atomic mass is 10.1. The van der Waals surface area contributed by atoms with E-state index in [0.29, 0.717) is 6.04 Å². The second kappa shape index (κ2) is 10.3. The molecule has 0 aliphatic heterocycles. The van der Waals surface area contributed by atoms with Crippen molar-refractivity contribution in [2.24, 2.45) is 9.98 Å². The van der Waals surface area contributed by atoms with Crippen molar-refractivity contribution in [1.82, 2.24) is 5.32 Å². The lowest BCUT2D eigenvalue weighted by molar-refractivity contribution is 0.631. The number of nitrogens with one attached hydrogen (secondary N) is 1. The van der Waals surface area contributed by atoms with Crippen LogP contribution in [0.25, 0.3) is 6.08 Å². The summed E-state index contributed by atoms with van der Waals surface area (Å²) in [7, 11) is 0. The van der Waals surface area contributed by atoms with Crippen molar-refractivity contribution in [3.63, 3.8) is 0 Å². The quantitative estimate of drug-likeness (QED) is 0.431. The summed E-state index contributed by atoms with van der Waals surface area (Å²) < 4.78 is 0. The number of allylic oxidation sites excluding steroid dienone is 1. The second-order valence-corrected chi connectivity index (χ2v) is 5.36. The molecule has 0 aromatic heterocycles. The minimum Gasteiger partial charge on any atom is -0.311 e. The summed E-state index contributed by atoms with van der Waals surface area (Å²) in [5.41, 5.74) is 6.71. The van der Waals surface area contributed by atoms with Gasteiger partial charge in [-0.25, -0.2) is 0 Å². The van der Waals surface area contributed by atoms with Crippen LogP contribution < -0.4 is 5.32 Å². The molecule has 0 atom stereocenters. The van der Waals surface area contributed by atoms with Crippen LogP contribution in [-0.4, -0.2) is 25.0 Å². The van der Waals surface area contributed by atoms with E-state index < -0.39 is 0 Å². The van der Waals surface area contributed by atoms with Gasteiger partial charge >= 0.3 is 0 Å². The van der Waals surface area contributed by atoms with Gasteiger partial charge in [0.1, 0.15) is 0 Å². The Labute approximate surface area is 139 Å². The number of aliphatic imine (C=N–C) groups is 2. The fourth-order valence-electron chi connectivity index (χ4n) is 1.91. The van der Waals surface area contributed by atoms with Crippen LogP contribution in [-0.2, 0) is 0 Å². The van der Waals surface area contributed by atoms with Crippen molar-refractivity contribution in [1.29, 1.82) is 0 Å². The average Bonchev–Trinajstić information content (AvgIpc) is 2.52. The smallest absolute Gasteiger partial charge is 0.0621 e. The lowest BCUT2D eigenvalue weighted by Crippen LogP contribution is -2.22. The molecule has 0 heterocycles. The van der Waals surface area contributed by atoms with E-state index >= 15 is 0 Å². The standard InChI is InChI=1S/C20H25N3/c1-6-8-18-9-7-10-19(15-18)17(4)23-20(11-13-21-5)12-14-22-16(2)3/h7-13,15-16,22H,1,5,14H2,2-4H3/b13-11-,20-12+,23-17?. The van der Waals surface area contributed by atoms with Crippen molar-refractivity contribution in [2.75, 3.05) is 6.54 Å². The number of hydrogen-bond acceptors (Lipinski definition) is 3. The molecule has 3 heteroatoms. The van der Waals surface area contributed by atoms with E-state index in [9.17, 15) is 0 Å². The summed E-state index contributed by atoms with van der Waals surface area (Å²) in [6, 6.07) is 8.55. The highest BCUT2D eigenvalue weighted by atomic mass is 14.9. The average molecular weight is 307 g/mol. The molecule has 0 saturated heterocycles. The molecule has 0 aliphatic carbocycles. The fourth-order valence-corrected chi connectivity index (χ4v) is 1.91. The normalized spacial score (nSPS) is 12.5. The van der Waals surface area contributed by atoms with Crippen molar-refractivity contribution in [3.8, 4) is 0 Å². The Hall–Kier alpha value is -2.48. The van der Waals surface area contributed by atoms with E-state index in [1.165, 1.54) is 0 Å². The zero-order valence-electron chi connectivity index (χ0n) is 14.2. The first-order valence-electron chi connectivity index (χ1n) is 7.64. The van der Waals surface area contributed by atoms with Gasteiger partial charge in [-0.3, -0.25) is 9.98 Å². The second-order valence-electron chi connectivity index (χ2n) is 5.36. The first-order chi connectivity index (χ1) is 11.1. The van der Waals surface area contributed by atoms with Crippen molar-refractivity contribution in [2.45, 2.75) is 26.8 Å². The Balaban J connectivity index is 3.04. The molecule has 0 unspecified atom stereocenters. The van der Waals surface area contributed by atoms with Crippen LogP contribution in [0, 0.1) is 0 Å². The molecular formula is C20H25N3. The molecule has 0 spiro atoms. The van der Waals surface area contributed by atoms with Gasteiger partial charge in [0.05, 0.1) is 5.70 Å². The highest BCUT2D eigenvalue weighted by Crippen LogP contribution is 2.10. The van der Waals surface area contributed by atoms with Crippen LogP contribution in [0.3, 0.4) is 0 Å². The molecule has 23 heavy (non-hydrogen) atoms. The highest BCUT2D eigenvalue weighted by Gasteiger charge is 1.99. The van der Waals surface area contributed by atoms with Crippen LogP contribution in [0.15, 0.2) is 70.6 Å². The molecule has 0 bridgehead atoms. The van der Waals surface area contributed by atoms with Crippen molar-refractivity contribution in [3.05, 3.63) is 71.8 Å². The third-order valence-electron chi connectivity index (χ3n) is 3.06. The molecule has 3 nitrogen and oxygen atoms in total. The van der Waals surface area contributed by atoms with Gasteiger partial charge in [-0.1, -0.05) is 38.6 Å². The molecule has 1 aromatic carbocycles. The van der Waals surface area contributed by atoms with Gasteiger partial charge in [-0.15, -0.1) is 5.73 Å². The van der Waals surface area contributed by atoms with E-state index in [-0.39, 0.29) is 0 Å². The molecule has 1 N–H and O–H groups in total. The number of hydrogen-bond donors (Lipinski definition) is 1. The summed E-state index contributed by atoms with van der Waals surface area (Å²) in [6.45, 7) is 14.0. The monoisotopic (exact) mass is 307 g/mol. The van der Waals surface area contributed by atoms with Crippen LogP contribution in [0.4, 0.5) is 0 Å². The predicted octanol–water partition coefficient (Wildman–Crippen LogP) is 4.39. The molecule has 0 fully saturated rings. The fraction of sp³-hybridized carbons (Fsp3) is 0.250. The Morgan fingerprint density at radius 2 is 2.17 bits per heavy atom. The van der Waals surface area contributed by atoms with E-state index in [2.05, 4.69) is 49.3 Å². The Kier molecular flexibility index (Phi) is 8.30. The molecule has 0 aliphatic rings. The minimum atomic E-state index is 0.432. The van der Waals surface area contributed by atoms with E-state index in [1.54, 1.807) is 6.20 Å². The van der Waals surface area contributed by atoms with Crippen LogP contribution in [0.5, 0.6) is 0 Å². The SMILES string of the molecule is C=C=Cc1cccc(C(C)=NC(/C=C\N=C)=C/CNC(C)C)c1. The molecule has 0 saturated carbocycles. The van der Waals surface area contributed by atoms with E-state index in [0.717, 1.165) is 29.1 Å². The molecule has 120 valence electrons. The number of rotatable bonds is 8. The molecule has 1 rings (SSSR count). The maximum Gasteiger partial charge on any atom is 0.0621 e. The highest BCUT2D eigenvalue weighted by molar-refractivity contribution is 5.99. The zero-order valence-corrected chi connectivity index (χ0v) is 14.2. The van der Waals surface area contributed by atoms with Crippen LogP contribution in [0.1, 0.15) is 31.9 Å². The summed E-state index contributed by atoms with van der Waals surface area (Å²) in [5.74, 6) is 0. The largest absolute Gasteiger partial charge is 0.311 e. The number of nitrogens with zero attached hydrogens (tertiary/aromatic N) is 2. The summed E-state index contributed by atoms with van der Waals surface area (Å²) in [6.07, 6.45) is 7.39. The molecule has 0 amide bonds. The maximum atomic E-state index is 4.70. The molecule has 0 radical (unpaired) electrons. The van der Waals surface area contributed by atoms with Crippen molar-refractivity contribution >= 4 is 18.5 Å². The van der Waals surface area contributed by atoms with Gasteiger partial charge in [0, 0.05) is 24.5 Å². The van der Waals surface area contributed by atoms with E-state index in [1.807, 2.05) is 43.4 Å².